The molecule has 6 nitrogen and oxygen atoms in total. The quantitative estimate of drug-likeness (QED) is 0.442. The maximum absolute atomic E-state index is 13.1. The number of methoxy groups -OCH3 is 1. The second kappa shape index (κ2) is 8.93. The van der Waals surface area contributed by atoms with E-state index in [4.69, 9.17) is 9.15 Å². The highest BCUT2D eigenvalue weighted by Crippen LogP contribution is 2.24. The molecule has 0 aliphatic rings. The summed E-state index contributed by atoms with van der Waals surface area (Å²) in [7, 11) is 1.54. The first kappa shape index (κ1) is 21.1. The lowest BCUT2D eigenvalue weighted by atomic mass is 10.0. The van der Waals surface area contributed by atoms with Crippen molar-refractivity contribution in [2.75, 3.05) is 7.11 Å². The average molecular weight is 433 g/mol. The van der Waals surface area contributed by atoms with E-state index in [0.717, 1.165) is 16.7 Å². The molecule has 1 amide bonds. The highest BCUT2D eigenvalue weighted by atomic mass is 19.1. The lowest BCUT2D eigenvalue weighted by molar-refractivity contribution is -0.139. The van der Waals surface area contributed by atoms with Gasteiger partial charge in [0.25, 0.3) is 5.91 Å². The molecule has 1 heterocycles. The molecule has 2 N–H and O–H groups in total. The van der Waals surface area contributed by atoms with E-state index in [1.165, 1.54) is 12.1 Å². The molecule has 1 unspecified atom stereocenters. The van der Waals surface area contributed by atoms with Crippen molar-refractivity contribution >= 4 is 22.8 Å². The summed E-state index contributed by atoms with van der Waals surface area (Å²) in [6, 6.07) is 18.9. The van der Waals surface area contributed by atoms with Crippen molar-refractivity contribution in [2.24, 2.45) is 0 Å². The maximum Gasteiger partial charge on any atom is 0.326 e. The van der Waals surface area contributed by atoms with Crippen molar-refractivity contribution in [2.45, 2.75) is 12.5 Å². The average Bonchev–Trinajstić information content (AvgIpc) is 3.23. The number of rotatable bonds is 7. The van der Waals surface area contributed by atoms with Gasteiger partial charge in [-0.15, -0.1) is 0 Å². The van der Waals surface area contributed by atoms with Crippen LogP contribution >= 0.6 is 0 Å². The SMILES string of the molecule is COc1ccc2oc(C(=O)NC(Cc3ccc(-c4ccc(F)cc4)cc3)C(=O)O)cc2c1. The first-order valence-corrected chi connectivity index (χ1v) is 9.89. The van der Waals surface area contributed by atoms with Crippen molar-refractivity contribution in [3.63, 3.8) is 0 Å². The number of carboxylic acid groups (broad SMARTS) is 1. The minimum absolute atomic E-state index is 0.0196. The monoisotopic (exact) mass is 433 g/mol. The van der Waals surface area contributed by atoms with Crippen LogP contribution in [0.25, 0.3) is 22.1 Å². The largest absolute Gasteiger partial charge is 0.497 e. The highest BCUT2D eigenvalue weighted by molar-refractivity contribution is 5.98. The van der Waals surface area contributed by atoms with Crippen LogP contribution in [-0.4, -0.2) is 30.1 Å². The zero-order valence-corrected chi connectivity index (χ0v) is 17.2. The van der Waals surface area contributed by atoms with Gasteiger partial charge in [0.2, 0.25) is 0 Å². The maximum atomic E-state index is 13.1. The van der Waals surface area contributed by atoms with E-state index in [0.29, 0.717) is 16.7 Å². The Bertz CT molecular complexity index is 1260. The summed E-state index contributed by atoms with van der Waals surface area (Å²) in [5.74, 6) is -1.44. The van der Waals surface area contributed by atoms with E-state index in [-0.39, 0.29) is 18.0 Å². The zero-order valence-electron chi connectivity index (χ0n) is 17.2. The number of fused-ring (bicyclic) bond motifs is 1. The Labute approximate surface area is 183 Å². The van der Waals surface area contributed by atoms with Gasteiger partial charge in [0.15, 0.2) is 5.76 Å². The number of carbonyl (C=O) groups is 2. The van der Waals surface area contributed by atoms with Gasteiger partial charge in [0.05, 0.1) is 7.11 Å². The fourth-order valence-corrected chi connectivity index (χ4v) is 3.40. The third-order valence-corrected chi connectivity index (χ3v) is 5.12. The Kier molecular flexibility index (Phi) is 5.89. The number of benzene rings is 3. The Hall–Kier alpha value is -4.13. The molecule has 0 bridgehead atoms. The molecule has 4 rings (SSSR count). The van der Waals surface area contributed by atoms with Gasteiger partial charge in [-0.1, -0.05) is 36.4 Å². The molecule has 1 aromatic heterocycles. The number of ether oxygens (including phenoxy) is 1. The first-order chi connectivity index (χ1) is 15.4. The van der Waals surface area contributed by atoms with Crippen LogP contribution in [0.2, 0.25) is 0 Å². The smallest absolute Gasteiger partial charge is 0.326 e. The molecule has 4 aromatic rings. The lowest BCUT2D eigenvalue weighted by Crippen LogP contribution is -2.42. The zero-order chi connectivity index (χ0) is 22.7. The van der Waals surface area contributed by atoms with Gasteiger partial charge in [-0.2, -0.15) is 0 Å². The first-order valence-electron chi connectivity index (χ1n) is 9.89. The predicted octanol–water partition coefficient (Wildman–Crippen LogP) is 4.67. The number of aliphatic carboxylic acids is 1. The topological polar surface area (TPSA) is 88.8 Å². The van der Waals surface area contributed by atoms with E-state index in [1.807, 2.05) is 12.1 Å². The van der Waals surface area contributed by atoms with Crippen molar-refractivity contribution in [3.8, 4) is 16.9 Å². The molecule has 1 atom stereocenters. The second-order valence-corrected chi connectivity index (χ2v) is 7.29. The van der Waals surface area contributed by atoms with Crippen LogP contribution in [0.15, 0.2) is 77.2 Å². The minimum Gasteiger partial charge on any atom is -0.497 e. The molecule has 0 saturated heterocycles. The fraction of sp³-hybridized carbons (Fsp3) is 0.120. The van der Waals surface area contributed by atoms with Crippen LogP contribution in [-0.2, 0) is 11.2 Å². The van der Waals surface area contributed by atoms with Gasteiger partial charge in [0.1, 0.15) is 23.2 Å². The Morgan fingerprint density at radius 1 is 1.00 bits per heavy atom. The number of hydrogen-bond acceptors (Lipinski definition) is 4. The van der Waals surface area contributed by atoms with Gasteiger partial charge in [-0.3, -0.25) is 4.79 Å². The van der Waals surface area contributed by atoms with E-state index < -0.39 is 17.9 Å². The molecule has 0 aliphatic heterocycles. The van der Waals surface area contributed by atoms with Crippen LogP contribution in [0.1, 0.15) is 16.1 Å². The van der Waals surface area contributed by atoms with E-state index in [2.05, 4.69) is 5.32 Å². The minimum atomic E-state index is -1.15. The van der Waals surface area contributed by atoms with Crippen LogP contribution < -0.4 is 10.1 Å². The predicted molar refractivity (Wildman–Crippen MR) is 117 cm³/mol. The van der Waals surface area contributed by atoms with Gasteiger partial charge >= 0.3 is 5.97 Å². The Morgan fingerprint density at radius 3 is 2.28 bits per heavy atom. The third kappa shape index (κ3) is 4.62. The van der Waals surface area contributed by atoms with E-state index >= 15 is 0 Å². The molecule has 7 heteroatoms. The van der Waals surface area contributed by atoms with Gasteiger partial charge < -0.3 is 19.6 Å². The fourth-order valence-electron chi connectivity index (χ4n) is 3.40. The summed E-state index contributed by atoms with van der Waals surface area (Å²) in [5.41, 5.74) is 2.96. The summed E-state index contributed by atoms with van der Waals surface area (Å²) in [6.07, 6.45) is 0.0961. The summed E-state index contributed by atoms with van der Waals surface area (Å²) in [5, 5.41) is 12.8. The van der Waals surface area contributed by atoms with Crippen molar-refractivity contribution in [1.29, 1.82) is 0 Å². The van der Waals surface area contributed by atoms with Crippen LogP contribution in [0.3, 0.4) is 0 Å². The third-order valence-electron chi connectivity index (χ3n) is 5.12. The molecule has 162 valence electrons. The number of carbonyl (C=O) groups excluding carboxylic acids is 1. The number of furan rings is 1. The lowest BCUT2D eigenvalue weighted by Gasteiger charge is -2.14. The van der Waals surface area contributed by atoms with Gasteiger partial charge in [-0.05, 0) is 53.1 Å². The second-order valence-electron chi connectivity index (χ2n) is 7.29. The molecule has 32 heavy (non-hydrogen) atoms. The molecule has 0 fully saturated rings. The molecular weight excluding hydrogens is 413 g/mol. The number of halogens is 1. The van der Waals surface area contributed by atoms with Gasteiger partial charge in [0, 0.05) is 11.8 Å². The summed E-state index contributed by atoms with van der Waals surface area (Å²) >= 11 is 0. The van der Waals surface area contributed by atoms with Crippen molar-refractivity contribution < 1.29 is 28.2 Å². The molecular formula is C25H20FNO5. The standard InChI is InChI=1S/C25H20FNO5/c1-31-20-10-11-22-18(13-20)14-23(32-22)24(28)27-21(25(29)30)12-15-2-4-16(5-3-15)17-6-8-19(26)9-7-17/h2-11,13-14,21H,12H2,1H3,(H,27,28)(H,29,30). The molecule has 0 saturated carbocycles. The van der Waals surface area contributed by atoms with Crippen LogP contribution in [0.4, 0.5) is 4.39 Å². The van der Waals surface area contributed by atoms with Crippen molar-refractivity contribution in [3.05, 3.63) is 89.9 Å². The highest BCUT2D eigenvalue weighted by Gasteiger charge is 2.23. The van der Waals surface area contributed by atoms with Crippen LogP contribution in [0, 0.1) is 5.82 Å². The summed E-state index contributed by atoms with van der Waals surface area (Å²) in [6.45, 7) is 0. The summed E-state index contributed by atoms with van der Waals surface area (Å²) in [4.78, 5) is 24.4. The van der Waals surface area contributed by atoms with Gasteiger partial charge in [-0.25, -0.2) is 9.18 Å². The molecule has 0 radical (unpaired) electrons. The summed E-state index contributed by atoms with van der Waals surface area (Å²) < 4.78 is 23.8. The number of amides is 1. The molecule has 0 spiro atoms. The number of carboxylic acids is 1. The molecule has 3 aromatic carbocycles. The Morgan fingerprint density at radius 2 is 1.66 bits per heavy atom. The van der Waals surface area contributed by atoms with E-state index in [9.17, 15) is 19.1 Å². The van der Waals surface area contributed by atoms with Crippen LogP contribution in [0.5, 0.6) is 5.75 Å². The molecule has 0 aliphatic carbocycles. The Balaban J connectivity index is 1.47. The normalized spacial score (nSPS) is 11.8. The van der Waals surface area contributed by atoms with E-state index in [1.54, 1.807) is 55.6 Å². The van der Waals surface area contributed by atoms with Crippen molar-refractivity contribution in [1.82, 2.24) is 5.32 Å². The number of hydrogen-bond donors (Lipinski definition) is 2. The number of nitrogens with one attached hydrogen (secondary N) is 1.